The molecule has 0 aliphatic heterocycles. The second kappa shape index (κ2) is 6.29. The van der Waals surface area contributed by atoms with Gasteiger partial charge in [-0.1, -0.05) is 60.8 Å². The number of benzene rings is 1. The van der Waals surface area contributed by atoms with Crippen molar-refractivity contribution in [2.75, 3.05) is 0 Å². The standard InChI is InChI=1S/C13H20BrN/c1-10(2)6-5-9-13(15)11-7-3-4-8-12(11)14/h3-4,7-8,10,13H,5-6,9,15H2,1-2H3. The van der Waals surface area contributed by atoms with Gasteiger partial charge in [0.25, 0.3) is 0 Å². The van der Waals surface area contributed by atoms with Crippen LogP contribution in [-0.2, 0) is 0 Å². The van der Waals surface area contributed by atoms with Crippen LogP contribution in [0.1, 0.15) is 44.7 Å². The van der Waals surface area contributed by atoms with Crippen molar-refractivity contribution < 1.29 is 0 Å². The SMILES string of the molecule is CC(C)CCCC(N)c1ccccc1Br. The third-order valence-electron chi connectivity index (χ3n) is 2.60. The predicted octanol–water partition coefficient (Wildman–Crippen LogP) is 4.28. The lowest BCUT2D eigenvalue weighted by Gasteiger charge is -2.14. The molecule has 0 amide bonds. The van der Waals surface area contributed by atoms with Crippen LogP contribution in [0, 0.1) is 5.92 Å². The van der Waals surface area contributed by atoms with Gasteiger partial charge in [-0.2, -0.15) is 0 Å². The smallest absolute Gasteiger partial charge is 0.0306 e. The Morgan fingerprint density at radius 2 is 1.87 bits per heavy atom. The Balaban J connectivity index is 2.47. The summed E-state index contributed by atoms with van der Waals surface area (Å²) in [7, 11) is 0. The molecule has 1 unspecified atom stereocenters. The molecule has 0 fully saturated rings. The molecule has 1 aromatic rings. The third-order valence-corrected chi connectivity index (χ3v) is 3.32. The highest BCUT2D eigenvalue weighted by Crippen LogP contribution is 2.25. The fourth-order valence-corrected chi connectivity index (χ4v) is 2.26. The number of rotatable bonds is 5. The molecular formula is C13H20BrN. The Bertz CT molecular complexity index is 296. The molecule has 0 radical (unpaired) electrons. The summed E-state index contributed by atoms with van der Waals surface area (Å²) in [6, 6.07) is 8.39. The molecule has 0 spiro atoms. The van der Waals surface area contributed by atoms with Gasteiger partial charge in [-0.15, -0.1) is 0 Å². The summed E-state index contributed by atoms with van der Waals surface area (Å²) < 4.78 is 1.13. The maximum atomic E-state index is 6.15. The largest absolute Gasteiger partial charge is 0.324 e. The van der Waals surface area contributed by atoms with Gasteiger partial charge in [-0.3, -0.25) is 0 Å². The molecule has 0 saturated heterocycles. The predicted molar refractivity (Wildman–Crippen MR) is 69.8 cm³/mol. The minimum absolute atomic E-state index is 0.166. The topological polar surface area (TPSA) is 26.0 Å². The van der Waals surface area contributed by atoms with Crippen molar-refractivity contribution in [1.29, 1.82) is 0 Å². The van der Waals surface area contributed by atoms with Gasteiger partial charge >= 0.3 is 0 Å². The zero-order valence-corrected chi connectivity index (χ0v) is 11.1. The van der Waals surface area contributed by atoms with E-state index >= 15 is 0 Å². The number of hydrogen-bond acceptors (Lipinski definition) is 1. The molecule has 1 rings (SSSR count). The van der Waals surface area contributed by atoms with E-state index in [4.69, 9.17) is 5.73 Å². The second-order valence-electron chi connectivity index (χ2n) is 4.45. The number of hydrogen-bond donors (Lipinski definition) is 1. The molecule has 0 aromatic heterocycles. The van der Waals surface area contributed by atoms with E-state index in [9.17, 15) is 0 Å². The van der Waals surface area contributed by atoms with Crippen molar-refractivity contribution in [2.24, 2.45) is 11.7 Å². The second-order valence-corrected chi connectivity index (χ2v) is 5.31. The lowest BCUT2D eigenvalue weighted by Crippen LogP contribution is -2.11. The summed E-state index contributed by atoms with van der Waals surface area (Å²) in [6.07, 6.45) is 3.54. The van der Waals surface area contributed by atoms with Crippen LogP contribution in [0.5, 0.6) is 0 Å². The quantitative estimate of drug-likeness (QED) is 0.849. The fourth-order valence-electron chi connectivity index (χ4n) is 1.68. The van der Waals surface area contributed by atoms with Crippen LogP contribution in [0.15, 0.2) is 28.7 Å². The maximum Gasteiger partial charge on any atom is 0.0306 e. The van der Waals surface area contributed by atoms with Crippen molar-refractivity contribution >= 4 is 15.9 Å². The van der Waals surface area contributed by atoms with Gasteiger partial charge in [-0.05, 0) is 24.0 Å². The zero-order valence-electron chi connectivity index (χ0n) is 9.54. The highest BCUT2D eigenvalue weighted by atomic mass is 79.9. The van der Waals surface area contributed by atoms with Gasteiger partial charge in [0.05, 0.1) is 0 Å². The third kappa shape index (κ3) is 4.35. The Kier molecular flexibility index (Phi) is 5.34. The molecule has 1 nitrogen and oxygen atoms in total. The van der Waals surface area contributed by atoms with E-state index in [0.717, 1.165) is 16.8 Å². The first-order valence-corrected chi connectivity index (χ1v) is 6.40. The average molecular weight is 270 g/mol. The summed E-state index contributed by atoms with van der Waals surface area (Å²) in [4.78, 5) is 0. The molecule has 0 bridgehead atoms. The summed E-state index contributed by atoms with van der Waals surface area (Å²) in [5.74, 6) is 0.774. The lowest BCUT2D eigenvalue weighted by atomic mass is 9.99. The van der Waals surface area contributed by atoms with E-state index in [-0.39, 0.29) is 6.04 Å². The first-order chi connectivity index (χ1) is 7.11. The first-order valence-electron chi connectivity index (χ1n) is 5.61. The first kappa shape index (κ1) is 12.7. The Labute approximate surface area is 101 Å². The van der Waals surface area contributed by atoms with E-state index < -0.39 is 0 Å². The highest BCUT2D eigenvalue weighted by molar-refractivity contribution is 9.10. The molecule has 0 saturated carbocycles. The average Bonchev–Trinajstić information content (AvgIpc) is 2.17. The van der Waals surface area contributed by atoms with E-state index in [2.05, 4.69) is 41.9 Å². The molecule has 2 heteroatoms. The van der Waals surface area contributed by atoms with Crippen molar-refractivity contribution in [2.45, 2.75) is 39.2 Å². The van der Waals surface area contributed by atoms with Gasteiger partial charge in [0.15, 0.2) is 0 Å². The van der Waals surface area contributed by atoms with Crippen molar-refractivity contribution in [1.82, 2.24) is 0 Å². The van der Waals surface area contributed by atoms with Crippen molar-refractivity contribution in [3.8, 4) is 0 Å². The monoisotopic (exact) mass is 269 g/mol. The van der Waals surface area contributed by atoms with Crippen LogP contribution in [0.4, 0.5) is 0 Å². The van der Waals surface area contributed by atoms with Gasteiger partial charge in [-0.25, -0.2) is 0 Å². The highest BCUT2D eigenvalue weighted by Gasteiger charge is 2.08. The van der Waals surface area contributed by atoms with Crippen LogP contribution in [0.3, 0.4) is 0 Å². The van der Waals surface area contributed by atoms with Gasteiger partial charge < -0.3 is 5.73 Å². The molecule has 0 heterocycles. The molecule has 84 valence electrons. The van der Waals surface area contributed by atoms with Gasteiger partial charge in [0.2, 0.25) is 0 Å². The summed E-state index contributed by atoms with van der Waals surface area (Å²) in [5, 5.41) is 0. The Morgan fingerprint density at radius 1 is 1.20 bits per heavy atom. The molecule has 0 aliphatic rings. The summed E-state index contributed by atoms with van der Waals surface area (Å²) in [6.45, 7) is 4.51. The zero-order chi connectivity index (χ0) is 11.3. The van der Waals surface area contributed by atoms with Crippen LogP contribution in [0.25, 0.3) is 0 Å². The van der Waals surface area contributed by atoms with E-state index in [1.165, 1.54) is 18.4 Å². The molecule has 15 heavy (non-hydrogen) atoms. The molecule has 0 aliphatic carbocycles. The van der Waals surface area contributed by atoms with E-state index in [1.807, 2.05) is 12.1 Å². The lowest BCUT2D eigenvalue weighted by molar-refractivity contribution is 0.505. The Morgan fingerprint density at radius 3 is 2.47 bits per heavy atom. The maximum absolute atomic E-state index is 6.15. The van der Waals surface area contributed by atoms with Gasteiger partial charge in [0.1, 0.15) is 0 Å². The summed E-state index contributed by atoms with van der Waals surface area (Å²) >= 11 is 3.54. The van der Waals surface area contributed by atoms with E-state index in [0.29, 0.717) is 0 Å². The Hall–Kier alpha value is -0.340. The molecule has 2 N–H and O–H groups in total. The fraction of sp³-hybridized carbons (Fsp3) is 0.538. The van der Waals surface area contributed by atoms with E-state index in [1.54, 1.807) is 0 Å². The van der Waals surface area contributed by atoms with Crippen LogP contribution in [0.2, 0.25) is 0 Å². The van der Waals surface area contributed by atoms with Crippen LogP contribution < -0.4 is 5.73 Å². The molecule has 1 aromatic carbocycles. The van der Waals surface area contributed by atoms with Crippen LogP contribution in [-0.4, -0.2) is 0 Å². The van der Waals surface area contributed by atoms with Gasteiger partial charge in [0, 0.05) is 10.5 Å². The minimum Gasteiger partial charge on any atom is -0.324 e. The number of halogens is 1. The normalized spacial score (nSPS) is 13.1. The molecular weight excluding hydrogens is 250 g/mol. The molecule has 1 atom stereocenters. The minimum atomic E-state index is 0.166. The number of nitrogens with two attached hydrogens (primary N) is 1. The van der Waals surface area contributed by atoms with Crippen LogP contribution >= 0.6 is 15.9 Å². The summed E-state index contributed by atoms with van der Waals surface area (Å²) in [5.41, 5.74) is 7.38. The van der Waals surface area contributed by atoms with Crippen molar-refractivity contribution in [3.05, 3.63) is 34.3 Å². The van der Waals surface area contributed by atoms with Crippen molar-refractivity contribution in [3.63, 3.8) is 0 Å².